The summed E-state index contributed by atoms with van der Waals surface area (Å²) in [6.07, 6.45) is 7.24. The van der Waals surface area contributed by atoms with Gasteiger partial charge in [0.1, 0.15) is 0 Å². The van der Waals surface area contributed by atoms with E-state index >= 15 is 0 Å². The molecule has 18 heavy (non-hydrogen) atoms. The molecular formula is C13H27ClN2OS. The first-order valence-electron chi connectivity index (χ1n) is 6.78. The highest BCUT2D eigenvalue weighted by molar-refractivity contribution is 7.98. The van der Waals surface area contributed by atoms with E-state index in [9.17, 15) is 4.79 Å². The van der Waals surface area contributed by atoms with E-state index in [1.807, 2.05) is 11.8 Å². The topological polar surface area (TPSA) is 32.3 Å². The summed E-state index contributed by atoms with van der Waals surface area (Å²) >= 11 is 1.86. The molecule has 0 aromatic rings. The van der Waals surface area contributed by atoms with Gasteiger partial charge in [-0.2, -0.15) is 11.8 Å². The number of nitrogens with one attached hydrogen (secondary N) is 1. The van der Waals surface area contributed by atoms with Crippen molar-refractivity contribution >= 4 is 30.1 Å². The standard InChI is InChI=1S/C13H26N2OS.ClH/c1-3-9-15(12-7-8-14-11-12)13(16)6-4-5-10-17-2;/h12,14H,3-11H2,1-2H3;1H. The second-order valence-electron chi connectivity index (χ2n) is 4.68. The minimum absolute atomic E-state index is 0. The van der Waals surface area contributed by atoms with Crippen LogP contribution in [0.5, 0.6) is 0 Å². The molecule has 5 heteroatoms. The van der Waals surface area contributed by atoms with Crippen LogP contribution in [0.4, 0.5) is 0 Å². The summed E-state index contributed by atoms with van der Waals surface area (Å²) in [5.74, 6) is 1.54. The summed E-state index contributed by atoms with van der Waals surface area (Å²) in [6.45, 7) is 5.12. The van der Waals surface area contributed by atoms with E-state index in [0.717, 1.165) is 51.7 Å². The number of halogens is 1. The molecule has 1 unspecified atom stereocenters. The van der Waals surface area contributed by atoms with Crippen LogP contribution in [0.25, 0.3) is 0 Å². The van der Waals surface area contributed by atoms with Crippen LogP contribution in [-0.4, -0.2) is 48.5 Å². The second-order valence-corrected chi connectivity index (χ2v) is 5.67. The molecule has 0 spiro atoms. The maximum Gasteiger partial charge on any atom is 0.222 e. The molecule has 1 atom stereocenters. The number of unbranched alkanes of at least 4 members (excludes halogenated alkanes) is 1. The zero-order valence-corrected chi connectivity index (χ0v) is 13.2. The van der Waals surface area contributed by atoms with Gasteiger partial charge in [-0.25, -0.2) is 0 Å². The molecule has 1 amide bonds. The Morgan fingerprint density at radius 2 is 2.22 bits per heavy atom. The van der Waals surface area contributed by atoms with Crippen molar-refractivity contribution in [3.63, 3.8) is 0 Å². The van der Waals surface area contributed by atoms with Crippen LogP contribution in [-0.2, 0) is 4.79 Å². The lowest BCUT2D eigenvalue weighted by Crippen LogP contribution is -2.41. The largest absolute Gasteiger partial charge is 0.338 e. The molecule has 0 aliphatic carbocycles. The number of rotatable bonds is 8. The van der Waals surface area contributed by atoms with Gasteiger partial charge < -0.3 is 10.2 Å². The Morgan fingerprint density at radius 1 is 1.44 bits per heavy atom. The van der Waals surface area contributed by atoms with Gasteiger partial charge >= 0.3 is 0 Å². The third-order valence-electron chi connectivity index (χ3n) is 3.25. The van der Waals surface area contributed by atoms with Gasteiger partial charge in [-0.3, -0.25) is 4.79 Å². The average Bonchev–Trinajstić information content (AvgIpc) is 2.85. The molecular weight excluding hydrogens is 268 g/mol. The van der Waals surface area contributed by atoms with Crippen LogP contribution in [0, 0.1) is 0 Å². The Labute approximate surface area is 122 Å². The Morgan fingerprint density at radius 3 is 2.78 bits per heavy atom. The summed E-state index contributed by atoms with van der Waals surface area (Å²) in [6, 6.07) is 0.447. The van der Waals surface area contributed by atoms with Crippen LogP contribution in [0.3, 0.4) is 0 Å². The van der Waals surface area contributed by atoms with Crippen molar-refractivity contribution in [2.45, 2.75) is 45.1 Å². The van der Waals surface area contributed by atoms with Crippen molar-refractivity contribution in [3.8, 4) is 0 Å². The maximum absolute atomic E-state index is 12.2. The summed E-state index contributed by atoms with van der Waals surface area (Å²) in [5, 5.41) is 3.35. The molecule has 0 aromatic carbocycles. The molecule has 1 N–H and O–H groups in total. The fraction of sp³-hybridized carbons (Fsp3) is 0.923. The Hall–Kier alpha value is 0.0700. The fourth-order valence-electron chi connectivity index (χ4n) is 2.32. The number of thioether (sulfide) groups is 1. The van der Waals surface area contributed by atoms with Crippen molar-refractivity contribution in [2.24, 2.45) is 0 Å². The summed E-state index contributed by atoms with van der Waals surface area (Å²) in [4.78, 5) is 14.3. The highest BCUT2D eigenvalue weighted by Crippen LogP contribution is 2.13. The van der Waals surface area contributed by atoms with E-state index in [1.165, 1.54) is 5.75 Å². The monoisotopic (exact) mass is 294 g/mol. The van der Waals surface area contributed by atoms with Gasteiger partial charge in [0.25, 0.3) is 0 Å². The molecule has 3 nitrogen and oxygen atoms in total. The van der Waals surface area contributed by atoms with Gasteiger partial charge in [-0.1, -0.05) is 6.92 Å². The van der Waals surface area contributed by atoms with E-state index in [2.05, 4.69) is 23.4 Å². The molecule has 108 valence electrons. The SMILES string of the molecule is CCCN(C(=O)CCCCSC)C1CCNC1.Cl. The molecule has 1 aliphatic heterocycles. The van der Waals surface area contributed by atoms with E-state index in [-0.39, 0.29) is 12.4 Å². The van der Waals surface area contributed by atoms with Crippen LogP contribution in [0.2, 0.25) is 0 Å². The predicted molar refractivity (Wildman–Crippen MR) is 82.8 cm³/mol. The lowest BCUT2D eigenvalue weighted by atomic mass is 10.1. The Bertz CT molecular complexity index is 223. The van der Waals surface area contributed by atoms with Gasteiger partial charge in [0.2, 0.25) is 5.91 Å². The summed E-state index contributed by atoms with van der Waals surface area (Å²) < 4.78 is 0. The van der Waals surface area contributed by atoms with E-state index in [1.54, 1.807) is 0 Å². The number of carbonyl (C=O) groups excluding carboxylic acids is 1. The molecule has 1 fully saturated rings. The van der Waals surface area contributed by atoms with Crippen molar-refractivity contribution in [1.29, 1.82) is 0 Å². The third-order valence-corrected chi connectivity index (χ3v) is 3.95. The van der Waals surface area contributed by atoms with Crippen molar-refractivity contribution in [3.05, 3.63) is 0 Å². The van der Waals surface area contributed by atoms with Gasteiger partial charge in [0, 0.05) is 25.6 Å². The van der Waals surface area contributed by atoms with Gasteiger partial charge in [0.05, 0.1) is 0 Å². The summed E-state index contributed by atoms with van der Waals surface area (Å²) in [7, 11) is 0. The van der Waals surface area contributed by atoms with E-state index in [0.29, 0.717) is 11.9 Å². The molecule has 0 radical (unpaired) electrons. The number of nitrogens with zero attached hydrogens (tertiary/aromatic N) is 1. The molecule has 1 saturated heterocycles. The smallest absolute Gasteiger partial charge is 0.222 e. The maximum atomic E-state index is 12.2. The minimum atomic E-state index is 0. The first-order valence-corrected chi connectivity index (χ1v) is 8.18. The van der Waals surface area contributed by atoms with E-state index < -0.39 is 0 Å². The van der Waals surface area contributed by atoms with Crippen molar-refractivity contribution < 1.29 is 4.79 Å². The van der Waals surface area contributed by atoms with Crippen LogP contribution in [0.15, 0.2) is 0 Å². The molecule has 1 heterocycles. The predicted octanol–water partition coefficient (Wildman–Crippen LogP) is 2.54. The fourth-order valence-corrected chi connectivity index (χ4v) is 2.82. The minimum Gasteiger partial charge on any atom is -0.338 e. The normalized spacial score (nSPS) is 18.4. The lowest BCUT2D eigenvalue weighted by Gasteiger charge is -2.28. The molecule has 0 saturated carbocycles. The molecule has 1 aliphatic rings. The first kappa shape index (κ1) is 18.1. The second kappa shape index (κ2) is 10.9. The molecule has 0 aromatic heterocycles. The highest BCUT2D eigenvalue weighted by atomic mass is 35.5. The Kier molecular flexibility index (Phi) is 11.0. The van der Waals surface area contributed by atoms with Crippen molar-refractivity contribution in [1.82, 2.24) is 10.2 Å². The zero-order chi connectivity index (χ0) is 12.5. The number of amides is 1. The lowest BCUT2D eigenvalue weighted by molar-refractivity contribution is -0.133. The van der Waals surface area contributed by atoms with Gasteiger partial charge in [-0.15, -0.1) is 12.4 Å². The summed E-state index contributed by atoms with van der Waals surface area (Å²) in [5.41, 5.74) is 0. The van der Waals surface area contributed by atoms with Crippen LogP contribution >= 0.6 is 24.2 Å². The van der Waals surface area contributed by atoms with Gasteiger partial charge in [0.15, 0.2) is 0 Å². The van der Waals surface area contributed by atoms with Crippen LogP contribution in [0.1, 0.15) is 39.0 Å². The zero-order valence-electron chi connectivity index (χ0n) is 11.6. The quantitative estimate of drug-likeness (QED) is 0.698. The van der Waals surface area contributed by atoms with Gasteiger partial charge in [-0.05, 0) is 44.2 Å². The number of carbonyl (C=O) groups is 1. The van der Waals surface area contributed by atoms with Crippen LogP contribution < -0.4 is 5.32 Å². The number of hydrogen-bond donors (Lipinski definition) is 1. The number of hydrogen-bond acceptors (Lipinski definition) is 3. The average molecular weight is 295 g/mol. The van der Waals surface area contributed by atoms with Crippen molar-refractivity contribution in [2.75, 3.05) is 31.6 Å². The molecule has 0 bridgehead atoms. The first-order chi connectivity index (χ1) is 8.29. The molecule has 1 rings (SSSR count). The Balaban J connectivity index is 0.00000289. The third kappa shape index (κ3) is 6.30. The highest BCUT2D eigenvalue weighted by Gasteiger charge is 2.25. The van der Waals surface area contributed by atoms with E-state index in [4.69, 9.17) is 0 Å².